The van der Waals surface area contributed by atoms with Gasteiger partial charge in [-0.25, -0.2) is 9.78 Å². The second-order valence-electron chi connectivity index (χ2n) is 4.79. The van der Waals surface area contributed by atoms with Gasteiger partial charge in [0.2, 0.25) is 0 Å². The lowest BCUT2D eigenvalue weighted by Gasteiger charge is -2.08. The average molecular weight is 309 g/mol. The second kappa shape index (κ2) is 6.58. The van der Waals surface area contributed by atoms with Gasteiger partial charge in [-0.3, -0.25) is 4.68 Å². The van der Waals surface area contributed by atoms with Gasteiger partial charge in [0, 0.05) is 25.0 Å². The Hall–Kier alpha value is -2.08. The van der Waals surface area contributed by atoms with Crippen molar-refractivity contribution >= 4 is 23.4 Å². The van der Waals surface area contributed by atoms with Crippen molar-refractivity contribution in [3.8, 4) is 0 Å². The zero-order valence-electron chi connectivity index (χ0n) is 11.9. The molecule has 0 atom stereocenters. The van der Waals surface area contributed by atoms with Crippen molar-refractivity contribution in [1.82, 2.24) is 14.8 Å². The monoisotopic (exact) mass is 308 g/mol. The van der Waals surface area contributed by atoms with E-state index in [-0.39, 0.29) is 5.56 Å². The Bertz CT molecular complexity index is 654. The normalized spacial score (nSPS) is 10.6. The molecule has 0 aliphatic heterocycles. The molecule has 0 aliphatic rings. The maximum Gasteiger partial charge on any atom is 0.337 e. The minimum atomic E-state index is -1.04. The van der Waals surface area contributed by atoms with E-state index in [1.54, 1.807) is 0 Å². The summed E-state index contributed by atoms with van der Waals surface area (Å²) in [5.41, 5.74) is 2.22. The fourth-order valence-electron chi connectivity index (χ4n) is 2.02. The van der Waals surface area contributed by atoms with Crippen molar-refractivity contribution in [3.63, 3.8) is 0 Å². The lowest BCUT2D eigenvalue weighted by atomic mass is 10.3. The maximum atomic E-state index is 10.8. The standard InChI is InChI=1S/C14H17ClN4O2/c1-9-6-10(2)19(18-9)5-3-4-16-13-12(15)7-11(8-17-13)14(20)21/h6-8H,3-5H2,1-2H3,(H,16,17)(H,20,21). The Morgan fingerprint density at radius 2 is 2.19 bits per heavy atom. The predicted molar refractivity (Wildman–Crippen MR) is 81.0 cm³/mol. The molecule has 0 saturated carbocycles. The summed E-state index contributed by atoms with van der Waals surface area (Å²) >= 11 is 5.99. The van der Waals surface area contributed by atoms with E-state index in [0.717, 1.165) is 24.4 Å². The van der Waals surface area contributed by atoms with E-state index in [1.165, 1.54) is 12.3 Å². The van der Waals surface area contributed by atoms with Gasteiger partial charge in [0.15, 0.2) is 0 Å². The number of nitrogens with one attached hydrogen (secondary N) is 1. The summed E-state index contributed by atoms with van der Waals surface area (Å²) in [6, 6.07) is 3.43. The largest absolute Gasteiger partial charge is 0.478 e. The van der Waals surface area contributed by atoms with E-state index < -0.39 is 5.97 Å². The highest BCUT2D eigenvalue weighted by Crippen LogP contribution is 2.20. The topological polar surface area (TPSA) is 80.0 Å². The molecule has 6 nitrogen and oxygen atoms in total. The van der Waals surface area contributed by atoms with E-state index in [4.69, 9.17) is 16.7 Å². The summed E-state index contributed by atoms with van der Waals surface area (Å²) in [4.78, 5) is 14.8. The van der Waals surface area contributed by atoms with Crippen LogP contribution < -0.4 is 5.32 Å². The number of hydrogen-bond acceptors (Lipinski definition) is 4. The van der Waals surface area contributed by atoms with Crippen LogP contribution in [0.15, 0.2) is 18.3 Å². The van der Waals surface area contributed by atoms with Crippen molar-refractivity contribution in [1.29, 1.82) is 0 Å². The van der Waals surface area contributed by atoms with Crippen LogP contribution in [0.5, 0.6) is 0 Å². The van der Waals surface area contributed by atoms with Crippen LogP contribution in [0.3, 0.4) is 0 Å². The van der Waals surface area contributed by atoms with Crippen LogP contribution in [0.2, 0.25) is 5.02 Å². The zero-order valence-corrected chi connectivity index (χ0v) is 12.7. The minimum Gasteiger partial charge on any atom is -0.478 e. The van der Waals surface area contributed by atoms with Gasteiger partial charge in [0.05, 0.1) is 16.3 Å². The van der Waals surface area contributed by atoms with E-state index in [2.05, 4.69) is 15.4 Å². The molecule has 0 bridgehead atoms. The van der Waals surface area contributed by atoms with Gasteiger partial charge in [0.1, 0.15) is 5.82 Å². The molecule has 0 saturated heterocycles. The molecule has 112 valence electrons. The van der Waals surface area contributed by atoms with E-state index in [0.29, 0.717) is 17.4 Å². The molecule has 0 spiro atoms. The minimum absolute atomic E-state index is 0.0770. The summed E-state index contributed by atoms with van der Waals surface area (Å²) in [5.74, 6) is -0.546. The lowest BCUT2D eigenvalue weighted by Crippen LogP contribution is -2.10. The zero-order chi connectivity index (χ0) is 15.4. The van der Waals surface area contributed by atoms with Crippen LogP contribution in [0.1, 0.15) is 28.2 Å². The second-order valence-corrected chi connectivity index (χ2v) is 5.20. The molecular formula is C14H17ClN4O2. The average Bonchev–Trinajstić information content (AvgIpc) is 2.74. The molecule has 2 aromatic heterocycles. The molecule has 2 rings (SSSR count). The van der Waals surface area contributed by atoms with Crippen LogP contribution in [0, 0.1) is 13.8 Å². The van der Waals surface area contributed by atoms with E-state index in [1.807, 2.05) is 24.6 Å². The molecule has 2 N–H and O–H groups in total. The summed E-state index contributed by atoms with van der Waals surface area (Å²) < 4.78 is 1.96. The van der Waals surface area contributed by atoms with Crippen molar-refractivity contribution in [2.24, 2.45) is 0 Å². The van der Waals surface area contributed by atoms with Crippen LogP contribution >= 0.6 is 11.6 Å². The third-order valence-corrected chi connectivity index (χ3v) is 3.32. The number of aryl methyl sites for hydroxylation is 3. The first-order chi connectivity index (χ1) is 9.97. The first-order valence-electron chi connectivity index (χ1n) is 6.61. The number of rotatable bonds is 6. The summed E-state index contributed by atoms with van der Waals surface area (Å²) in [7, 11) is 0. The first-order valence-corrected chi connectivity index (χ1v) is 6.99. The fraction of sp³-hybridized carbons (Fsp3) is 0.357. The quantitative estimate of drug-likeness (QED) is 0.802. The lowest BCUT2D eigenvalue weighted by molar-refractivity contribution is 0.0696. The van der Waals surface area contributed by atoms with Gasteiger partial charge in [0.25, 0.3) is 0 Å². The molecule has 21 heavy (non-hydrogen) atoms. The van der Waals surface area contributed by atoms with E-state index in [9.17, 15) is 4.79 Å². The highest BCUT2D eigenvalue weighted by Gasteiger charge is 2.08. The molecule has 7 heteroatoms. The van der Waals surface area contributed by atoms with E-state index >= 15 is 0 Å². The summed E-state index contributed by atoms with van der Waals surface area (Å²) in [6.07, 6.45) is 2.15. The Morgan fingerprint density at radius 3 is 2.76 bits per heavy atom. The molecule has 0 aromatic carbocycles. The molecule has 0 fully saturated rings. The molecule has 2 heterocycles. The highest BCUT2D eigenvalue weighted by molar-refractivity contribution is 6.33. The Kier molecular flexibility index (Phi) is 4.80. The number of halogens is 1. The van der Waals surface area contributed by atoms with Crippen LogP contribution in [-0.2, 0) is 6.54 Å². The first kappa shape index (κ1) is 15.3. The van der Waals surface area contributed by atoms with Gasteiger partial charge >= 0.3 is 5.97 Å². The van der Waals surface area contributed by atoms with Crippen LogP contribution in [0.25, 0.3) is 0 Å². The van der Waals surface area contributed by atoms with Crippen LogP contribution in [0.4, 0.5) is 5.82 Å². The number of anilines is 1. The smallest absolute Gasteiger partial charge is 0.337 e. The third-order valence-electron chi connectivity index (χ3n) is 3.03. The molecule has 0 amide bonds. The number of hydrogen-bond donors (Lipinski definition) is 2. The summed E-state index contributed by atoms with van der Waals surface area (Å²) in [6.45, 7) is 5.47. The van der Waals surface area contributed by atoms with Crippen molar-refractivity contribution in [2.75, 3.05) is 11.9 Å². The third kappa shape index (κ3) is 3.95. The number of aromatic nitrogens is 3. The molecule has 0 aliphatic carbocycles. The molecule has 0 radical (unpaired) electrons. The number of carbonyl (C=O) groups is 1. The number of pyridine rings is 1. The fourth-order valence-corrected chi connectivity index (χ4v) is 2.26. The summed E-state index contributed by atoms with van der Waals surface area (Å²) in [5, 5.41) is 16.6. The predicted octanol–water partition coefficient (Wildman–Crippen LogP) is 2.75. The van der Waals surface area contributed by atoms with Crippen molar-refractivity contribution in [2.45, 2.75) is 26.8 Å². The molecule has 2 aromatic rings. The van der Waals surface area contributed by atoms with Crippen molar-refractivity contribution in [3.05, 3.63) is 40.3 Å². The van der Waals surface area contributed by atoms with Crippen molar-refractivity contribution < 1.29 is 9.90 Å². The van der Waals surface area contributed by atoms with Gasteiger partial charge in [-0.05, 0) is 32.4 Å². The maximum absolute atomic E-state index is 10.8. The molecular weight excluding hydrogens is 292 g/mol. The van der Waals surface area contributed by atoms with Gasteiger partial charge < -0.3 is 10.4 Å². The molecule has 0 unspecified atom stereocenters. The van der Waals surface area contributed by atoms with Gasteiger partial charge in [-0.1, -0.05) is 11.6 Å². The highest BCUT2D eigenvalue weighted by atomic mass is 35.5. The van der Waals surface area contributed by atoms with Crippen LogP contribution in [-0.4, -0.2) is 32.4 Å². The van der Waals surface area contributed by atoms with Gasteiger partial charge in [-0.2, -0.15) is 5.10 Å². The Balaban J connectivity index is 1.86. The number of aromatic carboxylic acids is 1. The van der Waals surface area contributed by atoms with Gasteiger partial charge in [-0.15, -0.1) is 0 Å². The number of carboxylic acids is 1. The Morgan fingerprint density at radius 1 is 1.43 bits per heavy atom. The number of carboxylic acid groups (broad SMARTS) is 1. The Labute approximate surface area is 127 Å². The number of nitrogens with zero attached hydrogens (tertiary/aromatic N) is 3. The SMILES string of the molecule is Cc1cc(C)n(CCCNc2ncc(C(=O)O)cc2Cl)n1.